The van der Waals surface area contributed by atoms with Gasteiger partial charge in [0.1, 0.15) is 17.4 Å². The van der Waals surface area contributed by atoms with Crippen molar-refractivity contribution in [1.29, 1.82) is 0 Å². The second-order valence-corrected chi connectivity index (χ2v) is 5.13. The molecule has 1 aromatic carbocycles. The van der Waals surface area contributed by atoms with E-state index in [4.69, 9.17) is 19.9 Å². The van der Waals surface area contributed by atoms with E-state index < -0.39 is 0 Å². The number of thiazole rings is 1. The Labute approximate surface area is 114 Å². The van der Waals surface area contributed by atoms with Crippen molar-refractivity contribution in [3.8, 4) is 17.2 Å². The van der Waals surface area contributed by atoms with Gasteiger partial charge in [0, 0.05) is 29.2 Å². The van der Waals surface area contributed by atoms with Crippen molar-refractivity contribution in [2.75, 3.05) is 6.79 Å². The maximum Gasteiger partial charge on any atom is 0.231 e. The van der Waals surface area contributed by atoms with E-state index in [-0.39, 0.29) is 6.79 Å². The molecule has 0 amide bonds. The average Bonchev–Trinajstić information content (AvgIpc) is 3.03. The van der Waals surface area contributed by atoms with Gasteiger partial charge in [0.25, 0.3) is 0 Å². The minimum atomic E-state index is 0.245. The Balaban J connectivity index is 1.80. The summed E-state index contributed by atoms with van der Waals surface area (Å²) < 4.78 is 16.4. The number of hydrogen-bond acceptors (Lipinski definition) is 6. The van der Waals surface area contributed by atoms with Gasteiger partial charge in [-0.3, -0.25) is 0 Å². The van der Waals surface area contributed by atoms with Crippen LogP contribution in [0.4, 0.5) is 0 Å². The Morgan fingerprint density at radius 2 is 2.16 bits per heavy atom. The number of ether oxygens (including phenoxy) is 3. The highest BCUT2D eigenvalue weighted by Crippen LogP contribution is 2.38. The molecule has 0 atom stereocenters. The van der Waals surface area contributed by atoms with Gasteiger partial charge in [-0.15, -0.1) is 11.3 Å². The predicted molar refractivity (Wildman–Crippen MR) is 71.6 cm³/mol. The van der Waals surface area contributed by atoms with Crippen molar-refractivity contribution in [1.82, 2.24) is 4.98 Å². The van der Waals surface area contributed by atoms with Crippen LogP contribution >= 0.6 is 11.3 Å². The lowest BCUT2D eigenvalue weighted by atomic mass is 10.2. The fraction of sp³-hybridized carbons (Fsp3) is 0.308. The number of aromatic nitrogens is 1. The first-order chi connectivity index (χ1) is 9.26. The molecule has 19 heavy (non-hydrogen) atoms. The summed E-state index contributed by atoms with van der Waals surface area (Å²) in [4.78, 5) is 4.36. The summed E-state index contributed by atoms with van der Waals surface area (Å²) >= 11 is 1.58. The van der Waals surface area contributed by atoms with Crippen LogP contribution in [-0.2, 0) is 13.2 Å². The van der Waals surface area contributed by atoms with Crippen LogP contribution in [0.3, 0.4) is 0 Å². The Morgan fingerprint density at radius 3 is 2.84 bits per heavy atom. The van der Waals surface area contributed by atoms with E-state index in [1.54, 1.807) is 11.3 Å². The molecule has 0 aliphatic carbocycles. The van der Waals surface area contributed by atoms with Gasteiger partial charge in [-0.2, -0.15) is 0 Å². The predicted octanol–water partition coefficient (Wildman–Crippen LogP) is 2.22. The van der Waals surface area contributed by atoms with E-state index in [1.165, 1.54) is 0 Å². The topological polar surface area (TPSA) is 66.6 Å². The molecular formula is C13H14N2O3S. The molecule has 2 N–H and O–H groups in total. The minimum absolute atomic E-state index is 0.245. The molecule has 0 radical (unpaired) electrons. The monoisotopic (exact) mass is 278 g/mol. The number of aryl methyl sites for hydroxylation is 1. The summed E-state index contributed by atoms with van der Waals surface area (Å²) in [5.74, 6) is 2.14. The molecule has 2 aromatic rings. The molecule has 0 saturated heterocycles. The molecular weight excluding hydrogens is 264 g/mol. The molecule has 2 heterocycles. The lowest BCUT2D eigenvalue weighted by molar-refractivity contribution is 0.173. The highest BCUT2D eigenvalue weighted by atomic mass is 32.1. The quantitative estimate of drug-likeness (QED) is 0.928. The van der Waals surface area contributed by atoms with Crippen LogP contribution in [0.5, 0.6) is 17.2 Å². The fourth-order valence-electron chi connectivity index (χ4n) is 1.87. The first kappa shape index (κ1) is 12.3. The Hall–Kier alpha value is -1.79. The average molecular weight is 278 g/mol. The molecule has 1 aliphatic heterocycles. The van der Waals surface area contributed by atoms with Gasteiger partial charge in [0.2, 0.25) is 6.79 Å². The zero-order valence-electron chi connectivity index (χ0n) is 10.5. The summed E-state index contributed by atoms with van der Waals surface area (Å²) in [5.41, 5.74) is 7.64. The van der Waals surface area contributed by atoms with Crippen LogP contribution in [0, 0.1) is 6.92 Å². The van der Waals surface area contributed by atoms with E-state index in [1.807, 2.05) is 24.4 Å². The van der Waals surface area contributed by atoms with Crippen molar-refractivity contribution in [3.63, 3.8) is 0 Å². The largest absolute Gasteiger partial charge is 0.486 e. The van der Waals surface area contributed by atoms with Crippen LogP contribution in [-0.4, -0.2) is 11.8 Å². The molecule has 0 fully saturated rings. The van der Waals surface area contributed by atoms with Crippen molar-refractivity contribution in [2.24, 2.45) is 5.73 Å². The van der Waals surface area contributed by atoms with Gasteiger partial charge in [-0.25, -0.2) is 4.98 Å². The number of benzene rings is 1. The zero-order chi connectivity index (χ0) is 13.2. The fourth-order valence-corrected chi connectivity index (χ4v) is 2.55. The van der Waals surface area contributed by atoms with Crippen LogP contribution in [0.25, 0.3) is 0 Å². The zero-order valence-corrected chi connectivity index (χ0v) is 11.3. The number of nitrogens with zero attached hydrogens (tertiary/aromatic N) is 1. The highest BCUT2D eigenvalue weighted by Gasteiger charge is 2.17. The minimum Gasteiger partial charge on any atom is -0.486 e. The molecule has 6 heteroatoms. The SMILES string of the molecule is Cc1csc(COc2cc3c(cc2CN)OCO3)n1. The number of nitrogens with two attached hydrogens (primary N) is 1. The molecule has 3 rings (SSSR count). The van der Waals surface area contributed by atoms with E-state index in [0.717, 1.165) is 27.8 Å². The van der Waals surface area contributed by atoms with Gasteiger partial charge in [-0.1, -0.05) is 0 Å². The number of rotatable bonds is 4. The molecule has 1 aliphatic rings. The molecule has 0 unspecified atom stereocenters. The Kier molecular flexibility index (Phi) is 3.27. The molecule has 0 spiro atoms. The third kappa shape index (κ3) is 2.50. The first-order valence-corrected chi connectivity index (χ1v) is 6.80. The summed E-state index contributed by atoms with van der Waals surface area (Å²) in [6.45, 7) is 3.04. The van der Waals surface area contributed by atoms with Gasteiger partial charge >= 0.3 is 0 Å². The molecule has 0 saturated carbocycles. The van der Waals surface area contributed by atoms with E-state index in [2.05, 4.69) is 4.98 Å². The van der Waals surface area contributed by atoms with Crippen molar-refractivity contribution in [3.05, 3.63) is 33.8 Å². The summed E-state index contributed by atoms with van der Waals surface area (Å²) in [5, 5.41) is 2.94. The molecule has 0 bridgehead atoms. The maximum absolute atomic E-state index is 5.79. The van der Waals surface area contributed by atoms with Crippen molar-refractivity contribution >= 4 is 11.3 Å². The van der Waals surface area contributed by atoms with Crippen LogP contribution in [0.2, 0.25) is 0 Å². The van der Waals surface area contributed by atoms with Gasteiger partial charge in [-0.05, 0) is 13.0 Å². The normalized spacial score (nSPS) is 12.7. The van der Waals surface area contributed by atoms with Crippen LogP contribution < -0.4 is 19.9 Å². The smallest absolute Gasteiger partial charge is 0.231 e. The number of hydrogen-bond donors (Lipinski definition) is 1. The Bertz CT molecular complexity index is 598. The summed E-state index contributed by atoms with van der Waals surface area (Å²) in [6.07, 6.45) is 0. The maximum atomic E-state index is 5.79. The van der Waals surface area contributed by atoms with Crippen LogP contribution in [0.1, 0.15) is 16.3 Å². The second-order valence-electron chi connectivity index (χ2n) is 4.19. The standard InChI is InChI=1S/C13H14N2O3S/c1-8-6-19-13(15-8)5-16-10-3-12-11(17-7-18-12)2-9(10)4-14/h2-3,6H,4-5,7,14H2,1H3. The van der Waals surface area contributed by atoms with Crippen molar-refractivity contribution in [2.45, 2.75) is 20.1 Å². The molecule has 1 aromatic heterocycles. The lowest BCUT2D eigenvalue weighted by Crippen LogP contribution is -2.02. The molecule has 100 valence electrons. The van der Waals surface area contributed by atoms with Crippen LogP contribution in [0.15, 0.2) is 17.5 Å². The third-order valence-electron chi connectivity index (χ3n) is 2.79. The van der Waals surface area contributed by atoms with E-state index in [9.17, 15) is 0 Å². The lowest BCUT2D eigenvalue weighted by Gasteiger charge is -2.10. The third-order valence-corrected chi connectivity index (χ3v) is 3.73. The number of fused-ring (bicyclic) bond motifs is 1. The van der Waals surface area contributed by atoms with Crippen molar-refractivity contribution < 1.29 is 14.2 Å². The summed E-state index contributed by atoms with van der Waals surface area (Å²) in [6, 6.07) is 3.69. The first-order valence-electron chi connectivity index (χ1n) is 5.92. The second kappa shape index (κ2) is 5.07. The van der Waals surface area contributed by atoms with Gasteiger partial charge in [0.05, 0.1) is 0 Å². The van der Waals surface area contributed by atoms with Gasteiger partial charge in [0.15, 0.2) is 11.5 Å². The van der Waals surface area contributed by atoms with E-state index in [0.29, 0.717) is 18.9 Å². The van der Waals surface area contributed by atoms with Gasteiger partial charge < -0.3 is 19.9 Å². The molecule has 5 nitrogen and oxygen atoms in total. The van der Waals surface area contributed by atoms with E-state index >= 15 is 0 Å². The summed E-state index contributed by atoms with van der Waals surface area (Å²) in [7, 11) is 0. The highest BCUT2D eigenvalue weighted by molar-refractivity contribution is 7.09. The Morgan fingerprint density at radius 1 is 1.37 bits per heavy atom.